The number of halogens is 1. The molecule has 0 aliphatic rings. The molecular formula is C17H14ClN5O. The fourth-order valence-electron chi connectivity index (χ4n) is 2.29. The molecule has 0 saturated heterocycles. The van der Waals surface area contributed by atoms with E-state index in [1.807, 2.05) is 27.0 Å². The third kappa shape index (κ3) is 2.94. The highest BCUT2D eigenvalue weighted by Crippen LogP contribution is 2.28. The lowest BCUT2D eigenvalue weighted by Gasteiger charge is -1.95. The van der Waals surface area contributed by atoms with Gasteiger partial charge in [-0.1, -0.05) is 11.6 Å². The topological polar surface area (TPSA) is 80.0 Å². The molecule has 0 aliphatic carbocycles. The fraction of sp³-hybridized carbons (Fsp3) is 0.176. The molecule has 7 heteroatoms. The molecule has 2 aromatic heterocycles. The maximum atomic E-state index is 9.25. The van der Waals surface area contributed by atoms with E-state index in [0.717, 1.165) is 22.5 Å². The van der Waals surface area contributed by atoms with Crippen molar-refractivity contribution < 1.29 is 4.42 Å². The molecule has 0 amide bonds. The maximum Gasteiger partial charge on any atom is 0.258 e. The van der Waals surface area contributed by atoms with Crippen LogP contribution in [-0.4, -0.2) is 21.0 Å². The smallest absolute Gasteiger partial charge is 0.258 e. The number of hydrogen-bond donors (Lipinski definition) is 0. The highest BCUT2D eigenvalue weighted by molar-refractivity contribution is 6.30. The first kappa shape index (κ1) is 16.0. The summed E-state index contributed by atoms with van der Waals surface area (Å²) >= 11 is 5.88. The van der Waals surface area contributed by atoms with Gasteiger partial charge in [-0.15, -0.1) is 0 Å². The van der Waals surface area contributed by atoms with Crippen LogP contribution in [0, 0.1) is 25.2 Å². The minimum absolute atomic E-state index is 0.135. The molecule has 0 atom stereocenters. The van der Waals surface area contributed by atoms with E-state index in [2.05, 4.69) is 15.1 Å². The first-order valence-corrected chi connectivity index (χ1v) is 7.58. The van der Waals surface area contributed by atoms with Gasteiger partial charge in [0.25, 0.3) is 5.88 Å². The Kier molecular flexibility index (Phi) is 4.19. The summed E-state index contributed by atoms with van der Waals surface area (Å²) in [5, 5.41) is 14.2. The number of hydrogen-bond acceptors (Lipinski definition) is 5. The van der Waals surface area contributed by atoms with Gasteiger partial charge in [-0.05, 0) is 38.1 Å². The summed E-state index contributed by atoms with van der Waals surface area (Å²) < 4.78 is 7.42. The van der Waals surface area contributed by atoms with E-state index in [0.29, 0.717) is 10.9 Å². The molecular weight excluding hydrogens is 326 g/mol. The van der Waals surface area contributed by atoms with Gasteiger partial charge >= 0.3 is 0 Å². The van der Waals surface area contributed by atoms with Crippen molar-refractivity contribution in [2.24, 2.45) is 12.0 Å². The third-order valence-electron chi connectivity index (χ3n) is 3.68. The zero-order valence-corrected chi connectivity index (χ0v) is 14.2. The lowest BCUT2D eigenvalue weighted by atomic mass is 10.2. The summed E-state index contributed by atoms with van der Waals surface area (Å²) in [6, 6.07) is 9.02. The second-order valence-corrected chi connectivity index (χ2v) is 5.69. The van der Waals surface area contributed by atoms with Crippen molar-refractivity contribution in [2.75, 3.05) is 0 Å². The molecule has 0 saturated carbocycles. The van der Waals surface area contributed by atoms with Gasteiger partial charge < -0.3 is 4.42 Å². The number of aryl methyl sites for hydroxylation is 2. The molecule has 0 radical (unpaired) electrons. The third-order valence-corrected chi connectivity index (χ3v) is 3.93. The Hall–Kier alpha value is -2.91. The van der Waals surface area contributed by atoms with Crippen molar-refractivity contribution in [3.05, 3.63) is 51.9 Å². The molecule has 120 valence electrons. The number of aromatic nitrogens is 3. The molecule has 0 unspecified atom stereocenters. The number of nitriles is 1. The number of benzene rings is 1. The van der Waals surface area contributed by atoms with Gasteiger partial charge in [0.05, 0.1) is 5.69 Å². The van der Waals surface area contributed by atoms with Crippen LogP contribution in [0.4, 0.5) is 5.88 Å². The maximum absolute atomic E-state index is 9.25. The Balaban J connectivity index is 1.98. The minimum atomic E-state index is 0.135. The minimum Gasteiger partial charge on any atom is -0.417 e. The van der Waals surface area contributed by atoms with Crippen molar-refractivity contribution >= 4 is 23.7 Å². The van der Waals surface area contributed by atoms with Crippen molar-refractivity contribution in [1.29, 1.82) is 5.26 Å². The van der Waals surface area contributed by atoms with Gasteiger partial charge in [0.1, 0.15) is 6.07 Å². The van der Waals surface area contributed by atoms with Crippen molar-refractivity contribution in [2.45, 2.75) is 13.8 Å². The zero-order chi connectivity index (χ0) is 17.3. The highest BCUT2D eigenvalue weighted by atomic mass is 35.5. The first-order valence-electron chi connectivity index (χ1n) is 7.20. The second kappa shape index (κ2) is 6.30. The number of rotatable bonds is 3. The number of aliphatic imine (C=N–C) groups is 1. The van der Waals surface area contributed by atoms with Crippen LogP contribution in [0.25, 0.3) is 11.5 Å². The van der Waals surface area contributed by atoms with E-state index < -0.39 is 0 Å². The first-order chi connectivity index (χ1) is 11.5. The van der Waals surface area contributed by atoms with E-state index in [1.54, 1.807) is 35.2 Å². The summed E-state index contributed by atoms with van der Waals surface area (Å²) in [6.07, 6.45) is 1.64. The number of nitrogens with zero attached hydrogens (tertiary/aromatic N) is 5. The summed E-state index contributed by atoms with van der Waals surface area (Å²) in [5.41, 5.74) is 3.59. The second-order valence-electron chi connectivity index (χ2n) is 5.26. The van der Waals surface area contributed by atoms with Gasteiger partial charge in [-0.3, -0.25) is 4.68 Å². The van der Waals surface area contributed by atoms with Crippen LogP contribution in [0.3, 0.4) is 0 Å². The van der Waals surface area contributed by atoms with Crippen LogP contribution in [0.1, 0.15) is 22.6 Å². The molecule has 0 aliphatic heterocycles. The van der Waals surface area contributed by atoms with Crippen molar-refractivity contribution in [3.8, 4) is 17.5 Å². The standard InChI is InChI=1S/C17H14ClN5O/c1-10-14(11(2)23(3)22-10)9-20-17-15(8-19)21-16(24-17)12-4-6-13(18)7-5-12/h4-7,9H,1-3H3/b20-9+. The van der Waals surface area contributed by atoms with Gasteiger partial charge in [0, 0.05) is 35.1 Å². The van der Waals surface area contributed by atoms with Crippen LogP contribution in [0.5, 0.6) is 0 Å². The van der Waals surface area contributed by atoms with Gasteiger partial charge in [-0.25, -0.2) is 4.99 Å². The Morgan fingerprint density at radius 2 is 2.00 bits per heavy atom. The Morgan fingerprint density at radius 1 is 1.29 bits per heavy atom. The number of oxazole rings is 1. The largest absolute Gasteiger partial charge is 0.417 e. The summed E-state index contributed by atoms with van der Waals surface area (Å²) in [6.45, 7) is 3.85. The van der Waals surface area contributed by atoms with E-state index in [-0.39, 0.29) is 11.6 Å². The lowest BCUT2D eigenvalue weighted by Crippen LogP contribution is -1.93. The molecule has 1 aromatic carbocycles. The van der Waals surface area contributed by atoms with E-state index in [4.69, 9.17) is 16.0 Å². The Labute approximate surface area is 144 Å². The van der Waals surface area contributed by atoms with E-state index >= 15 is 0 Å². The molecule has 24 heavy (non-hydrogen) atoms. The van der Waals surface area contributed by atoms with Crippen molar-refractivity contribution in [3.63, 3.8) is 0 Å². The molecule has 0 fully saturated rings. The van der Waals surface area contributed by atoms with Crippen LogP contribution in [-0.2, 0) is 7.05 Å². The Morgan fingerprint density at radius 3 is 2.58 bits per heavy atom. The SMILES string of the molecule is Cc1nn(C)c(C)c1/C=N/c1oc(-c2ccc(Cl)cc2)nc1C#N. The Bertz CT molecular complexity index is 960. The van der Waals surface area contributed by atoms with Gasteiger partial charge in [-0.2, -0.15) is 15.3 Å². The molecule has 0 N–H and O–H groups in total. The van der Waals surface area contributed by atoms with Crippen LogP contribution in [0.15, 0.2) is 33.7 Å². The average molecular weight is 340 g/mol. The highest BCUT2D eigenvalue weighted by Gasteiger charge is 2.14. The normalized spacial score (nSPS) is 11.1. The van der Waals surface area contributed by atoms with Gasteiger partial charge in [0.15, 0.2) is 0 Å². The monoisotopic (exact) mass is 339 g/mol. The molecule has 0 bridgehead atoms. The van der Waals surface area contributed by atoms with E-state index in [1.165, 1.54) is 0 Å². The zero-order valence-electron chi connectivity index (χ0n) is 13.4. The molecule has 3 aromatic rings. The van der Waals surface area contributed by atoms with Gasteiger partial charge in [0.2, 0.25) is 11.6 Å². The quantitative estimate of drug-likeness (QED) is 0.676. The van der Waals surface area contributed by atoms with Crippen LogP contribution >= 0.6 is 11.6 Å². The predicted molar refractivity (Wildman–Crippen MR) is 91.6 cm³/mol. The molecule has 3 rings (SSSR count). The van der Waals surface area contributed by atoms with E-state index in [9.17, 15) is 5.26 Å². The summed E-state index contributed by atoms with van der Waals surface area (Å²) in [4.78, 5) is 8.48. The predicted octanol–water partition coefficient (Wildman–Crippen LogP) is 3.97. The fourth-order valence-corrected chi connectivity index (χ4v) is 2.41. The molecule has 6 nitrogen and oxygen atoms in total. The summed E-state index contributed by atoms with van der Waals surface area (Å²) in [5.74, 6) is 0.500. The average Bonchev–Trinajstić information content (AvgIpc) is 3.08. The summed E-state index contributed by atoms with van der Waals surface area (Å²) in [7, 11) is 1.87. The molecule has 2 heterocycles. The lowest BCUT2D eigenvalue weighted by molar-refractivity contribution is 0.584. The van der Waals surface area contributed by atoms with Crippen molar-refractivity contribution in [1.82, 2.24) is 14.8 Å². The molecule has 0 spiro atoms. The van der Waals surface area contributed by atoms with Crippen LogP contribution in [0.2, 0.25) is 5.02 Å². The van der Waals surface area contributed by atoms with Crippen LogP contribution < -0.4 is 0 Å².